The highest BCUT2D eigenvalue weighted by Crippen LogP contribution is 2.30. The molecule has 0 radical (unpaired) electrons. The Morgan fingerprint density at radius 1 is 0.767 bits per heavy atom. The minimum atomic E-state index is 0.167. The number of pyridine rings is 2. The number of aromatic nitrogens is 4. The fourth-order valence-corrected chi connectivity index (χ4v) is 3.99. The molecule has 0 fully saturated rings. The molecule has 0 N–H and O–H groups in total. The summed E-state index contributed by atoms with van der Waals surface area (Å²) in [6, 6.07) is 25.5. The van der Waals surface area contributed by atoms with Gasteiger partial charge in [0.1, 0.15) is 5.82 Å². The van der Waals surface area contributed by atoms with Crippen molar-refractivity contribution in [3.8, 4) is 11.1 Å². The lowest BCUT2D eigenvalue weighted by Crippen LogP contribution is -2.11. The van der Waals surface area contributed by atoms with Gasteiger partial charge in [0, 0.05) is 31.2 Å². The number of rotatable bonds is 5. The SMILES string of the molecule is C[C@@H](c1ccccc1)n1c(Cc2ccncc2)nc2ccc(-c3ccncc3)cc21. The van der Waals surface area contributed by atoms with E-state index in [-0.39, 0.29) is 6.04 Å². The van der Waals surface area contributed by atoms with Crippen molar-refractivity contribution in [1.82, 2.24) is 19.5 Å². The molecule has 4 heteroatoms. The van der Waals surface area contributed by atoms with Gasteiger partial charge in [-0.3, -0.25) is 9.97 Å². The standard InChI is InChI=1S/C26H22N4/c1-19(21-5-3-2-4-6-21)30-25-18-23(22-11-15-28-16-12-22)7-8-24(25)29-26(30)17-20-9-13-27-14-10-20/h2-16,18-19H,17H2,1H3/t19-/m0/s1. The summed E-state index contributed by atoms with van der Waals surface area (Å²) in [6.07, 6.45) is 8.10. The number of hydrogen-bond donors (Lipinski definition) is 0. The fraction of sp³-hybridized carbons (Fsp3) is 0.115. The van der Waals surface area contributed by atoms with Crippen LogP contribution in [0.1, 0.15) is 29.9 Å². The third kappa shape index (κ3) is 3.48. The van der Waals surface area contributed by atoms with Gasteiger partial charge in [0.15, 0.2) is 0 Å². The number of imidazole rings is 1. The Morgan fingerprint density at radius 3 is 2.20 bits per heavy atom. The van der Waals surface area contributed by atoms with Crippen LogP contribution in [0.4, 0.5) is 0 Å². The molecule has 0 spiro atoms. The van der Waals surface area contributed by atoms with E-state index in [0.29, 0.717) is 0 Å². The lowest BCUT2D eigenvalue weighted by Gasteiger charge is -2.19. The van der Waals surface area contributed by atoms with Crippen LogP contribution in [0.3, 0.4) is 0 Å². The van der Waals surface area contributed by atoms with E-state index in [9.17, 15) is 0 Å². The highest BCUT2D eigenvalue weighted by atomic mass is 15.1. The van der Waals surface area contributed by atoms with Crippen molar-refractivity contribution in [3.05, 3.63) is 115 Å². The molecular weight excluding hydrogens is 368 g/mol. The molecule has 0 aliphatic heterocycles. The number of benzene rings is 2. The smallest absolute Gasteiger partial charge is 0.114 e. The Hall–Kier alpha value is -3.79. The molecule has 1 atom stereocenters. The van der Waals surface area contributed by atoms with Gasteiger partial charge in [0.2, 0.25) is 0 Å². The summed E-state index contributed by atoms with van der Waals surface area (Å²) < 4.78 is 2.37. The summed E-state index contributed by atoms with van der Waals surface area (Å²) in [5, 5.41) is 0. The first-order valence-corrected chi connectivity index (χ1v) is 10.1. The van der Waals surface area contributed by atoms with Crippen molar-refractivity contribution in [3.63, 3.8) is 0 Å². The van der Waals surface area contributed by atoms with E-state index in [1.807, 2.05) is 36.9 Å². The lowest BCUT2D eigenvalue weighted by molar-refractivity contribution is 0.627. The van der Waals surface area contributed by atoms with Gasteiger partial charge in [-0.25, -0.2) is 4.98 Å². The quantitative estimate of drug-likeness (QED) is 0.387. The van der Waals surface area contributed by atoms with Gasteiger partial charge < -0.3 is 4.57 Å². The summed E-state index contributed by atoms with van der Waals surface area (Å²) in [5.74, 6) is 1.06. The summed E-state index contributed by atoms with van der Waals surface area (Å²) >= 11 is 0. The Morgan fingerprint density at radius 2 is 1.47 bits per heavy atom. The third-order valence-corrected chi connectivity index (χ3v) is 5.56. The van der Waals surface area contributed by atoms with Crippen molar-refractivity contribution in [2.75, 3.05) is 0 Å². The van der Waals surface area contributed by atoms with Crippen LogP contribution >= 0.6 is 0 Å². The number of fused-ring (bicyclic) bond motifs is 1. The maximum atomic E-state index is 5.02. The predicted molar refractivity (Wildman–Crippen MR) is 120 cm³/mol. The zero-order valence-electron chi connectivity index (χ0n) is 16.8. The molecule has 0 bridgehead atoms. The summed E-state index contributed by atoms with van der Waals surface area (Å²) in [4.78, 5) is 13.3. The maximum absolute atomic E-state index is 5.02. The van der Waals surface area contributed by atoms with E-state index in [2.05, 4.69) is 82.1 Å². The van der Waals surface area contributed by atoms with Crippen molar-refractivity contribution < 1.29 is 0 Å². The normalized spacial score (nSPS) is 12.2. The monoisotopic (exact) mass is 390 g/mol. The molecule has 0 saturated heterocycles. The van der Waals surface area contributed by atoms with Crippen molar-refractivity contribution in [2.45, 2.75) is 19.4 Å². The van der Waals surface area contributed by atoms with Crippen LogP contribution in [0, 0.1) is 0 Å². The summed E-state index contributed by atoms with van der Waals surface area (Å²) in [5.41, 5.74) is 6.95. The fourth-order valence-electron chi connectivity index (χ4n) is 3.99. The van der Waals surface area contributed by atoms with Gasteiger partial charge >= 0.3 is 0 Å². The zero-order valence-corrected chi connectivity index (χ0v) is 16.8. The van der Waals surface area contributed by atoms with E-state index in [0.717, 1.165) is 28.8 Å². The molecule has 4 nitrogen and oxygen atoms in total. The van der Waals surface area contributed by atoms with Crippen molar-refractivity contribution >= 4 is 11.0 Å². The molecule has 146 valence electrons. The minimum absolute atomic E-state index is 0.167. The van der Waals surface area contributed by atoms with E-state index < -0.39 is 0 Å². The predicted octanol–water partition coefficient (Wildman–Crippen LogP) is 5.69. The van der Waals surface area contributed by atoms with E-state index in [1.54, 1.807) is 0 Å². The van der Waals surface area contributed by atoms with Crippen LogP contribution in [-0.2, 0) is 6.42 Å². The largest absolute Gasteiger partial charge is 0.320 e. The molecular formula is C26H22N4. The zero-order chi connectivity index (χ0) is 20.3. The molecule has 3 heterocycles. The average molecular weight is 390 g/mol. The molecule has 5 aromatic rings. The van der Waals surface area contributed by atoms with Gasteiger partial charge in [-0.2, -0.15) is 0 Å². The second kappa shape index (κ2) is 7.91. The van der Waals surface area contributed by atoms with Gasteiger partial charge in [-0.1, -0.05) is 36.4 Å². The summed E-state index contributed by atoms with van der Waals surface area (Å²) in [7, 11) is 0. The van der Waals surface area contributed by atoms with Gasteiger partial charge in [0.05, 0.1) is 17.1 Å². The Balaban J connectivity index is 1.68. The van der Waals surface area contributed by atoms with Crippen LogP contribution in [0.15, 0.2) is 97.6 Å². The first kappa shape index (κ1) is 18.3. The third-order valence-electron chi connectivity index (χ3n) is 5.56. The van der Waals surface area contributed by atoms with Crippen LogP contribution in [0.2, 0.25) is 0 Å². The number of nitrogens with zero attached hydrogens (tertiary/aromatic N) is 4. The first-order chi connectivity index (χ1) is 14.8. The molecule has 0 aliphatic rings. The second-order valence-electron chi connectivity index (χ2n) is 7.46. The molecule has 0 amide bonds. The van der Waals surface area contributed by atoms with Crippen LogP contribution in [-0.4, -0.2) is 19.5 Å². The molecule has 30 heavy (non-hydrogen) atoms. The Bertz CT molecular complexity index is 1260. The molecule has 2 aromatic carbocycles. The highest BCUT2D eigenvalue weighted by molar-refractivity contribution is 5.83. The number of hydrogen-bond acceptors (Lipinski definition) is 3. The first-order valence-electron chi connectivity index (χ1n) is 10.1. The molecule has 5 rings (SSSR count). The van der Waals surface area contributed by atoms with Crippen molar-refractivity contribution in [2.24, 2.45) is 0 Å². The molecule has 0 saturated carbocycles. The lowest BCUT2D eigenvalue weighted by atomic mass is 10.1. The van der Waals surface area contributed by atoms with Gasteiger partial charge in [-0.15, -0.1) is 0 Å². The van der Waals surface area contributed by atoms with Gasteiger partial charge in [-0.05, 0) is 65.6 Å². The summed E-state index contributed by atoms with van der Waals surface area (Å²) in [6.45, 7) is 2.24. The topological polar surface area (TPSA) is 43.6 Å². The molecule has 3 aromatic heterocycles. The Kier molecular flexibility index (Phi) is 4.81. The molecule has 0 unspecified atom stereocenters. The van der Waals surface area contributed by atoms with Crippen LogP contribution in [0.25, 0.3) is 22.2 Å². The van der Waals surface area contributed by atoms with E-state index in [1.165, 1.54) is 16.7 Å². The minimum Gasteiger partial charge on any atom is -0.320 e. The van der Waals surface area contributed by atoms with E-state index >= 15 is 0 Å². The molecule has 0 aliphatic carbocycles. The Labute approximate surface area is 175 Å². The van der Waals surface area contributed by atoms with Crippen molar-refractivity contribution in [1.29, 1.82) is 0 Å². The average Bonchev–Trinajstić information content (AvgIpc) is 3.17. The van der Waals surface area contributed by atoms with E-state index in [4.69, 9.17) is 4.98 Å². The highest BCUT2D eigenvalue weighted by Gasteiger charge is 2.18. The van der Waals surface area contributed by atoms with Crippen LogP contribution < -0.4 is 0 Å². The van der Waals surface area contributed by atoms with Gasteiger partial charge in [0.25, 0.3) is 0 Å². The van der Waals surface area contributed by atoms with Crippen LogP contribution in [0.5, 0.6) is 0 Å². The second-order valence-corrected chi connectivity index (χ2v) is 7.46. The maximum Gasteiger partial charge on any atom is 0.114 e.